The minimum Gasteiger partial charge on any atom is -0.467 e. The molecule has 1 aliphatic heterocycles. The number of benzene rings is 1. The molecule has 162 valence electrons. The molecule has 0 bridgehead atoms. The summed E-state index contributed by atoms with van der Waals surface area (Å²) in [4.78, 5) is 29.9. The van der Waals surface area contributed by atoms with E-state index in [1.807, 2.05) is 0 Å². The van der Waals surface area contributed by atoms with Crippen LogP contribution in [0.4, 0.5) is 21.9 Å². The zero-order valence-electron chi connectivity index (χ0n) is 17.8. The third kappa shape index (κ3) is 5.29. The zero-order chi connectivity index (χ0) is 21.9. The van der Waals surface area contributed by atoms with Crippen molar-refractivity contribution in [2.45, 2.75) is 32.9 Å². The highest BCUT2D eigenvalue weighted by atomic mass is 16.6. The van der Waals surface area contributed by atoms with Crippen molar-refractivity contribution in [2.24, 2.45) is 0 Å². The van der Waals surface area contributed by atoms with Gasteiger partial charge in [0.2, 0.25) is 0 Å². The molecule has 1 aromatic carbocycles. The van der Waals surface area contributed by atoms with Crippen LogP contribution < -0.4 is 9.80 Å². The highest BCUT2D eigenvalue weighted by Crippen LogP contribution is 2.35. The molecule has 30 heavy (non-hydrogen) atoms. The van der Waals surface area contributed by atoms with Gasteiger partial charge < -0.3 is 19.0 Å². The number of nitrogens with zero attached hydrogens (tertiary/aromatic N) is 4. The third-order valence-electron chi connectivity index (χ3n) is 4.82. The topological polar surface area (TPSA) is 92.3 Å². The molecular weight excluding hydrogens is 388 g/mol. The number of carbonyl (C=O) groups is 1. The molecule has 0 spiro atoms. The largest absolute Gasteiger partial charge is 0.467 e. The van der Waals surface area contributed by atoms with Gasteiger partial charge in [0.15, 0.2) is 0 Å². The highest BCUT2D eigenvalue weighted by Gasteiger charge is 2.30. The van der Waals surface area contributed by atoms with Crippen LogP contribution in [0, 0.1) is 10.1 Å². The molecule has 1 amide bonds. The maximum Gasteiger partial charge on any atom is 0.415 e. The molecule has 1 fully saturated rings. The Morgan fingerprint density at radius 1 is 1.23 bits per heavy atom. The molecule has 3 rings (SSSR count). The molecular formula is C21H28N4O5. The van der Waals surface area contributed by atoms with Gasteiger partial charge in [-0.3, -0.25) is 15.0 Å². The van der Waals surface area contributed by atoms with E-state index in [1.165, 1.54) is 17.2 Å². The second kappa shape index (κ2) is 8.74. The molecule has 0 atom stereocenters. The lowest BCUT2D eigenvalue weighted by Crippen LogP contribution is -2.44. The van der Waals surface area contributed by atoms with Crippen LogP contribution in [0.5, 0.6) is 0 Å². The predicted octanol–water partition coefficient (Wildman–Crippen LogP) is 3.88. The number of rotatable bonds is 5. The van der Waals surface area contributed by atoms with Crippen LogP contribution in [0.15, 0.2) is 41.0 Å². The molecule has 2 aromatic rings. The van der Waals surface area contributed by atoms with Gasteiger partial charge in [0.25, 0.3) is 5.69 Å². The van der Waals surface area contributed by atoms with E-state index in [9.17, 15) is 14.9 Å². The molecule has 0 N–H and O–H groups in total. The van der Waals surface area contributed by atoms with Crippen molar-refractivity contribution in [1.29, 1.82) is 0 Å². The van der Waals surface area contributed by atoms with Crippen molar-refractivity contribution in [3.05, 3.63) is 52.5 Å². The first-order chi connectivity index (χ1) is 14.1. The molecule has 0 aliphatic carbocycles. The molecule has 1 aliphatic rings. The zero-order valence-corrected chi connectivity index (χ0v) is 17.8. The molecule has 0 radical (unpaired) electrons. The van der Waals surface area contributed by atoms with Gasteiger partial charge in [0.1, 0.15) is 17.0 Å². The van der Waals surface area contributed by atoms with Crippen molar-refractivity contribution >= 4 is 23.2 Å². The summed E-state index contributed by atoms with van der Waals surface area (Å²) in [5, 5.41) is 11.8. The van der Waals surface area contributed by atoms with Crippen LogP contribution in [0.2, 0.25) is 0 Å². The molecule has 0 unspecified atom stereocenters. The Morgan fingerprint density at radius 3 is 2.50 bits per heavy atom. The average Bonchev–Trinajstić information content (AvgIpc) is 3.18. The molecule has 1 saturated heterocycles. The monoisotopic (exact) mass is 416 g/mol. The van der Waals surface area contributed by atoms with Crippen LogP contribution in [-0.4, -0.2) is 54.7 Å². The van der Waals surface area contributed by atoms with Crippen LogP contribution in [0.3, 0.4) is 0 Å². The van der Waals surface area contributed by atoms with Gasteiger partial charge in [-0.15, -0.1) is 0 Å². The van der Waals surface area contributed by atoms with Crippen molar-refractivity contribution in [3.8, 4) is 0 Å². The predicted molar refractivity (Wildman–Crippen MR) is 114 cm³/mol. The van der Waals surface area contributed by atoms with Gasteiger partial charge in [-0.05, 0) is 52.1 Å². The average molecular weight is 416 g/mol. The summed E-state index contributed by atoms with van der Waals surface area (Å²) in [5.74, 6) is 0.500. The maximum absolute atomic E-state index is 13.0. The lowest BCUT2D eigenvalue weighted by Gasteiger charge is -2.34. The number of anilines is 2. The second-order valence-corrected chi connectivity index (χ2v) is 8.37. The lowest BCUT2D eigenvalue weighted by molar-refractivity contribution is -0.384. The van der Waals surface area contributed by atoms with Crippen molar-refractivity contribution in [2.75, 3.05) is 43.0 Å². The summed E-state index contributed by atoms with van der Waals surface area (Å²) in [7, 11) is 2.06. The first-order valence-electron chi connectivity index (χ1n) is 9.89. The van der Waals surface area contributed by atoms with Crippen molar-refractivity contribution < 1.29 is 18.9 Å². The number of nitro benzene ring substituents is 1. The number of nitro groups is 1. The van der Waals surface area contributed by atoms with E-state index in [0.717, 1.165) is 31.9 Å². The minimum atomic E-state index is -0.748. The fourth-order valence-corrected chi connectivity index (χ4v) is 3.27. The first kappa shape index (κ1) is 21.6. The number of hydrogen-bond donors (Lipinski definition) is 0. The van der Waals surface area contributed by atoms with Gasteiger partial charge in [-0.1, -0.05) is 0 Å². The standard InChI is InChI=1S/C21H28N4O5/c1-21(2,3)30-20(26)24(15-17-6-5-13-29-17)19-14-16(7-8-18(19)25(27)28)23-11-9-22(4)10-12-23/h5-8,13-14H,9-12,15H2,1-4H3. The summed E-state index contributed by atoms with van der Waals surface area (Å²) in [6.45, 7) is 8.69. The fourth-order valence-electron chi connectivity index (χ4n) is 3.27. The fraction of sp³-hybridized carbons (Fsp3) is 0.476. The van der Waals surface area contributed by atoms with Crippen molar-refractivity contribution in [3.63, 3.8) is 0 Å². The summed E-state index contributed by atoms with van der Waals surface area (Å²) < 4.78 is 10.9. The number of ether oxygens (including phenoxy) is 1. The van der Waals surface area contributed by atoms with Crippen LogP contribution >= 0.6 is 0 Å². The molecule has 1 aromatic heterocycles. The Balaban J connectivity index is 2.01. The summed E-state index contributed by atoms with van der Waals surface area (Å²) in [5.41, 5.74) is 0.103. The third-order valence-corrected chi connectivity index (χ3v) is 4.82. The smallest absolute Gasteiger partial charge is 0.415 e. The second-order valence-electron chi connectivity index (χ2n) is 8.37. The molecule has 2 heterocycles. The quantitative estimate of drug-likeness (QED) is 0.539. The van der Waals surface area contributed by atoms with Gasteiger partial charge in [0, 0.05) is 37.9 Å². The van der Waals surface area contributed by atoms with E-state index in [4.69, 9.17) is 9.15 Å². The van der Waals surface area contributed by atoms with Crippen LogP contribution in [0.25, 0.3) is 0 Å². The normalized spacial score (nSPS) is 15.1. The van der Waals surface area contributed by atoms with Crippen LogP contribution in [0.1, 0.15) is 26.5 Å². The summed E-state index contributed by atoms with van der Waals surface area (Å²) in [6.07, 6.45) is 0.829. The Kier molecular flexibility index (Phi) is 6.31. The van der Waals surface area contributed by atoms with E-state index >= 15 is 0 Å². The number of likely N-dealkylation sites (N-methyl/N-ethyl adjacent to an activating group) is 1. The van der Waals surface area contributed by atoms with E-state index in [-0.39, 0.29) is 17.9 Å². The first-order valence-corrected chi connectivity index (χ1v) is 9.89. The number of piperazine rings is 1. The highest BCUT2D eigenvalue weighted by molar-refractivity contribution is 5.92. The number of carbonyl (C=O) groups excluding carboxylic acids is 1. The number of amides is 1. The van der Waals surface area contributed by atoms with Gasteiger partial charge in [-0.25, -0.2) is 4.79 Å². The van der Waals surface area contributed by atoms with Crippen molar-refractivity contribution in [1.82, 2.24) is 4.90 Å². The van der Waals surface area contributed by atoms with E-state index in [1.54, 1.807) is 45.0 Å². The number of hydrogen-bond acceptors (Lipinski definition) is 7. The lowest BCUT2D eigenvalue weighted by atomic mass is 10.1. The molecule has 9 heteroatoms. The minimum absolute atomic E-state index is 0.0228. The Bertz CT molecular complexity index is 883. The summed E-state index contributed by atoms with van der Waals surface area (Å²) >= 11 is 0. The Morgan fingerprint density at radius 2 is 1.93 bits per heavy atom. The Labute approximate surface area is 175 Å². The van der Waals surface area contributed by atoms with E-state index < -0.39 is 16.6 Å². The van der Waals surface area contributed by atoms with Gasteiger partial charge in [-0.2, -0.15) is 0 Å². The van der Waals surface area contributed by atoms with E-state index in [2.05, 4.69) is 16.8 Å². The Hall–Kier alpha value is -3.07. The van der Waals surface area contributed by atoms with Crippen LogP contribution in [-0.2, 0) is 11.3 Å². The van der Waals surface area contributed by atoms with Gasteiger partial charge in [0.05, 0.1) is 17.7 Å². The number of furan rings is 1. The van der Waals surface area contributed by atoms with E-state index in [0.29, 0.717) is 5.76 Å². The van der Waals surface area contributed by atoms with Gasteiger partial charge >= 0.3 is 6.09 Å². The molecule has 9 nitrogen and oxygen atoms in total. The molecule has 0 saturated carbocycles. The summed E-state index contributed by atoms with van der Waals surface area (Å²) in [6, 6.07) is 8.29. The maximum atomic E-state index is 13.0. The SMILES string of the molecule is CN1CCN(c2ccc([N+](=O)[O-])c(N(Cc3ccco3)C(=O)OC(C)(C)C)c2)CC1.